The van der Waals surface area contributed by atoms with E-state index in [4.69, 9.17) is 9.84 Å². The van der Waals surface area contributed by atoms with Crippen LogP contribution in [0.4, 0.5) is 4.79 Å². The molecule has 1 N–H and O–H groups in total. The summed E-state index contributed by atoms with van der Waals surface area (Å²) in [4.78, 5) is 12.1. The normalized spacial score (nSPS) is 11.1. The molecule has 0 saturated carbocycles. The van der Waals surface area contributed by atoms with E-state index in [2.05, 4.69) is 0 Å². The predicted molar refractivity (Wildman–Crippen MR) is 60.2 cm³/mol. The molecule has 3 nitrogen and oxygen atoms in total. The number of benzene rings is 1. The average Bonchev–Trinajstić information content (AvgIpc) is 2.05. The Morgan fingerprint density at radius 3 is 2.27 bits per heavy atom. The summed E-state index contributed by atoms with van der Waals surface area (Å²) in [6, 6.07) is 6.41. The van der Waals surface area contributed by atoms with E-state index in [9.17, 15) is 4.79 Å². The largest absolute Gasteiger partial charge is 0.508 e. The second-order valence-corrected chi connectivity index (χ2v) is 5.07. The van der Waals surface area contributed by atoms with Gasteiger partial charge in [0, 0.05) is 4.90 Å². The van der Waals surface area contributed by atoms with Gasteiger partial charge in [-0.15, -0.1) is 0 Å². The van der Waals surface area contributed by atoms with Crippen LogP contribution in [-0.4, -0.2) is 16.0 Å². The molecule has 82 valence electrons. The maximum Gasteiger partial charge on any atom is 0.372 e. The minimum Gasteiger partial charge on any atom is -0.508 e. The quantitative estimate of drug-likeness (QED) is 0.588. The highest BCUT2D eigenvalue weighted by Crippen LogP contribution is 2.24. The lowest BCUT2D eigenvalue weighted by Gasteiger charge is -2.18. The Balaban J connectivity index is 2.55. The van der Waals surface area contributed by atoms with Gasteiger partial charge in [-0.1, -0.05) is 0 Å². The van der Waals surface area contributed by atoms with Crippen molar-refractivity contribution in [3.63, 3.8) is 0 Å². The van der Waals surface area contributed by atoms with Crippen LogP contribution in [0.25, 0.3) is 0 Å². The summed E-state index contributed by atoms with van der Waals surface area (Å²) in [5.74, 6) is 0.184. The number of ether oxygens (including phenoxy) is 1. The molecule has 0 fully saturated rings. The molecule has 15 heavy (non-hydrogen) atoms. The zero-order valence-corrected chi connectivity index (χ0v) is 9.80. The van der Waals surface area contributed by atoms with Crippen molar-refractivity contribution in [2.75, 3.05) is 0 Å². The van der Waals surface area contributed by atoms with Gasteiger partial charge in [0.15, 0.2) is 0 Å². The molecule has 1 rings (SSSR count). The highest BCUT2D eigenvalue weighted by molar-refractivity contribution is 8.13. The van der Waals surface area contributed by atoms with Gasteiger partial charge in [0.2, 0.25) is 0 Å². The van der Waals surface area contributed by atoms with Gasteiger partial charge in [-0.3, -0.25) is 0 Å². The van der Waals surface area contributed by atoms with Crippen LogP contribution >= 0.6 is 11.8 Å². The summed E-state index contributed by atoms with van der Waals surface area (Å²) in [6.07, 6.45) is 0. The average molecular weight is 226 g/mol. The summed E-state index contributed by atoms with van der Waals surface area (Å²) in [5.41, 5.74) is -0.471. The molecule has 0 saturated heterocycles. The highest BCUT2D eigenvalue weighted by Gasteiger charge is 2.17. The van der Waals surface area contributed by atoms with Crippen LogP contribution in [0.5, 0.6) is 5.75 Å². The first-order chi connectivity index (χ1) is 6.87. The van der Waals surface area contributed by atoms with Crippen LogP contribution < -0.4 is 0 Å². The Labute approximate surface area is 93.4 Å². The fourth-order valence-electron chi connectivity index (χ4n) is 0.881. The lowest BCUT2D eigenvalue weighted by Crippen LogP contribution is -2.21. The molecule has 0 aliphatic heterocycles. The second kappa shape index (κ2) is 4.57. The molecule has 0 amide bonds. The second-order valence-electron chi connectivity index (χ2n) is 4.06. The van der Waals surface area contributed by atoms with Crippen molar-refractivity contribution in [2.45, 2.75) is 31.3 Å². The number of hydrogen-bond donors (Lipinski definition) is 1. The van der Waals surface area contributed by atoms with Gasteiger partial charge in [0.05, 0.1) is 0 Å². The molecule has 0 atom stereocenters. The van der Waals surface area contributed by atoms with Crippen molar-refractivity contribution in [1.29, 1.82) is 0 Å². The van der Waals surface area contributed by atoms with Gasteiger partial charge in [-0.25, -0.2) is 4.79 Å². The predicted octanol–water partition coefficient (Wildman–Crippen LogP) is 3.42. The van der Waals surface area contributed by atoms with Crippen molar-refractivity contribution in [3.8, 4) is 5.75 Å². The maximum absolute atomic E-state index is 11.4. The van der Waals surface area contributed by atoms with Gasteiger partial charge >= 0.3 is 5.30 Å². The Morgan fingerprint density at radius 2 is 1.80 bits per heavy atom. The standard InChI is InChI=1S/C11H14O3S/c1-11(2,3)14-10(13)15-9-6-4-8(12)5-7-9/h4-7,12H,1-3H3. The van der Waals surface area contributed by atoms with E-state index in [1.54, 1.807) is 12.1 Å². The summed E-state index contributed by atoms with van der Waals surface area (Å²) >= 11 is 1.01. The molecule has 0 aliphatic carbocycles. The van der Waals surface area contributed by atoms with Crippen LogP contribution in [0.3, 0.4) is 0 Å². The van der Waals surface area contributed by atoms with E-state index >= 15 is 0 Å². The number of carbonyl (C=O) groups excluding carboxylic acids is 1. The third-order valence-electron chi connectivity index (χ3n) is 1.43. The fraction of sp³-hybridized carbons (Fsp3) is 0.364. The summed E-state index contributed by atoms with van der Waals surface area (Å²) in [6.45, 7) is 5.47. The van der Waals surface area contributed by atoms with E-state index in [0.717, 1.165) is 16.7 Å². The molecule has 4 heteroatoms. The number of thioether (sulfide) groups is 1. The first kappa shape index (κ1) is 11.9. The molecule has 0 aromatic heterocycles. The molecule has 0 unspecified atom stereocenters. The summed E-state index contributed by atoms with van der Waals surface area (Å²) in [7, 11) is 0. The molecule has 0 spiro atoms. The number of phenolic OH excluding ortho intramolecular Hbond substituents is 1. The third-order valence-corrected chi connectivity index (χ3v) is 2.19. The number of phenols is 1. The zero-order chi connectivity index (χ0) is 11.5. The van der Waals surface area contributed by atoms with E-state index in [1.165, 1.54) is 12.1 Å². The molecule has 0 radical (unpaired) electrons. The Kier molecular flexibility index (Phi) is 3.63. The molecule has 0 heterocycles. The lowest BCUT2D eigenvalue weighted by molar-refractivity contribution is 0.0738. The van der Waals surface area contributed by atoms with Gasteiger partial charge < -0.3 is 9.84 Å². The minimum atomic E-state index is -0.471. The van der Waals surface area contributed by atoms with Crippen LogP contribution in [0.1, 0.15) is 20.8 Å². The van der Waals surface area contributed by atoms with Crippen LogP contribution in [-0.2, 0) is 4.74 Å². The minimum absolute atomic E-state index is 0.184. The molecular formula is C11H14O3S. The molecule has 0 aliphatic rings. The highest BCUT2D eigenvalue weighted by atomic mass is 32.2. The van der Waals surface area contributed by atoms with Crippen molar-refractivity contribution >= 4 is 17.1 Å². The van der Waals surface area contributed by atoms with Crippen molar-refractivity contribution in [1.82, 2.24) is 0 Å². The van der Waals surface area contributed by atoms with Crippen LogP contribution in [0.15, 0.2) is 29.2 Å². The Bertz CT molecular complexity index is 338. The van der Waals surface area contributed by atoms with Crippen molar-refractivity contribution in [3.05, 3.63) is 24.3 Å². The van der Waals surface area contributed by atoms with Crippen molar-refractivity contribution < 1.29 is 14.6 Å². The Morgan fingerprint density at radius 1 is 1.27 bits per heavy atom. The topological polar surface area (TPSA) is 46.5 Å². The first-order valence-corrected chi connectivity index (χ1v) is 5.38. The SMILES string of the molecule is CC(C)(C)OC(=O)Sc1ccc(O)cc1. The van der Waals surface area contributed by atoms with Crippen LogP contribution in [0.2, 0.25) is 0 Å². The fourth-order valence-corrected chi connectivity index (χ4v) is 1.64. The Hall–Kier alpha value is -1.16. The van der Waals surface area contributed by atoms with Gasteiger partial charge in [0.1, 0.15) is 11.4 Å². The van der Waals surface area contributed by atoms with E-state index < -0.39 is 5.60 Å². The third kappa shape index (κ3) is 4.74. The monoisotopic (exact) mass is 226 g/mol. The summed E-state index contributed by atoms with van der Waals surface area (Å²) < 4.78 is 5.13. The number of carbonyl (C=O) groups is 1. The molecular weight excluding hydrogens is 212 g/mol. The molecule has 1 aromatic rings. The number of rotatable bonds is 1. The van der Waals surface area contributed by atoms with E-state index in [1.807, 2.05) is 20.8 Å². The number of hydrogen-bond acceptors (Lipinski definition) is 4. The summed E-state index contributed by atoms with van der Waals surface area (Å²) in [5, 5.41) is 8.71. The zero-order valence-electron chi connectivity index (χ0n) is 8.98. The maximum atomic E-state index is 11.4. The van der Waals surface area contributed by atoms with Crippen LogP contribution in [0, 0.1) is 0 Å². The van der Waals surface area contributed by atoms with E-state index in [0.29, 0.717) is 0 Å². The molecule has 1 aromatic carbocycles. The van der Waals surface area contributed by atoms with Gasteiger partial charge in [0.25, 0.3) is 0 Å². The van der Waals surface area contributed by atoms with Gasteiger partial charge in [-0.05, 0) is 56.8 Å². The van der Waals surface area contributed by atoms with Gasteiger partial charge in [-0.2, -0.15) is 0 Å². The van der Waals surface area contributed by atoms with Crippen molar-refractivity contribution in [2.24, 2.45) is 0 Å². The number of aromatic hydroxyl groups is 1. The van der Waals surface area contributed by atoms with E-state index in [-0.39, 0.29) is 11.1 Å². The first-order valence-electron chi connectivity index (χ1n) is 4.57. The lowest BCUT2D eigenvalue weighted by atomic mass is 10.2. The molecule has 0 bridgehead atoms. The smallest absolute Gasteiger partial charge is 0.372 e.